The van der Waals surface area contributed by atoms with Crippen LogP contribution >= 0.6 is 0 Å². The first-order valence-corrected chi connectivity index (χ1v) is 11.1. The Balaban J connectivity index is 1.41. The lowest BCUT2D eigenvalue weighted by Gasteiger charge is -2.31. The van der Waals surface area contributed by atoms with Crippen molar-refractivity contribution in [1.29, 1.82) is 5.26 Å². The number of amidine groups is 1. The van der Waals surface area contributed by atoms with E-state index in [4.69, 9.17) is 4.99 Å². The van der Waals surface area contributed by atoms with Crippen LogP contribution in [0.25, 0.3) is 5.69 Å². The highest BCUT2D eigenvalue weighted by molar-refractivity contribution is 6.46. The van der Waals surface area contributed by atoms with Gasteiger partial charge in [-0.1, -0.05) is 0 Å². The molecule has 1 aromatic heterocycles. The molecule has 3 heterocycles. The highest BCUT2D eigenvalue weighted by atomic mass is 15.6. The first kappa shape index (κ1) is 21.0. The van der Waals surface area contributed by atoms with E-state index in [0.717, 1.165) is 60.4 Å². The molecule has 3 aliphatic rings. The lowest BCUT2D eigenvalue weighted by atomic mass is 10.2. The van der Waals surface area contributed by atoms with E-state index in [1.165, 1.54) is 0 Å². The summed E-state index contributed by atoms with van der Waals surface area (Å²) in [6.07, 6.45) is 7.54. The van der Waals surface area contributed by atoms with Crippen molar-refractivity contribution in [2.45, 2.75) is 24.9 Å². The van der Waals surface area contributed by atoms with E-state index in [1.807, 2.05) is 28.8 Å². The van der Waals surface area contributed by atoms with Crippen LogP contribution in [0, 0.1) is 11.3 Å². The predicted octanol–water partition coefficient (Wildman–Crippen LogP) is 1.22. The maximum absolute atomic E-state index is 9.53. The SMILES string of the molecule is CN(C)CCNc1ccc(NC2=CC(=NC3CC3)C3=NCC(C#N)N3N2)cc1-n1cnnc1. The number of nitriles is 1. The molecule has 170 valence electrons. The standard InChI is InChI=1S/C22H27N11/c1-31(2)8-7-24-18-6-5-16(9-20(18)32-13-26-27-14-32)29-21-10-19(28-15-3-4-15)22-25-12-17(11-23)33(22)30-21/h5-6,9-10,13-15,17,24,29-30H,3-4,7-8,12H2,1-2H3. The first-order chi connectivity index (χ1) is 16.1. The number of rotatable bonds is 8. The molecular weight excluding hydrogens is 418 g/mol. The van der Waals surface area contributed by atoms with E-state index in [1.54, 1.807) is 17.7 Å². The summed E-state index contributed by atoms with van der Waals surface area (Å²) in [5.74, 6) is 1.49. The second-order valence-electron chi connectivity index (χ2n) is 8.55. The Labute approximate surface area is 192 Å². The number of hydrazine groups is 1. The summed E-state index contributed by atoms with van der Waals surface area (Å²) in [5.41, 5.74) is 6.93. The van der Waals surface area contributed by atoms with E-state index in [0.29, 0.717) is 12.6 Å². The van der Waals surface area contributed by atoms with Gasteiger partial charge in [-0.3, -0.25) is 20.0 Å². The predicted molar refractivity (Wildman–Crippen MR) is 127 cm³/mol. The van der Waals surface area contributed by atoms with E-state index in [2.05, 4.69) is 56.3 Å². The van der Waals surface area contributed by atoms with Gasteiger partial charge in [0.15, 0.2) is 11.9 Å². The Hall–Kier alpha value is -3.91. The third-order valence-electron chi connectivity index (χ3n) is 5.57. The smallest absolute Gasteiger partial charge is 0.169 e. The van der Waals surface area contributed by atoms with Gasteiger partial charge in [-0.05, 0) is 45.1 Å². The molecule has 1 fully saturated rings. The van der Waals surface area contributed by atoms with E-state index < -0.39 is 0 Å². The average molecular weight is 446 g/mol. The Bertz CT molecular complexity index is 1140. The zero-order chi connectivity index (χ0) is 22.8. The van der Waals surface area contributed by atoms with Gasteiger partial charge < -0.3 is 15.5 Å². The van der Waals surface area contributed by atoms with Gasteiger partial charge in [0.25, 0.3) is 0 Å². The summed E-state index contributed by atoms with van der Waals surface area (Å²) in [6.45, 7) is 2.17. The number of nitrogens with one attached hydrogen (secondary N) is 3. The summed E-state index contributed by atoms with van der Waals surface area (Å²) in [5, 5.41) is 26.2. The monoisotopic (exact) mass is 445 g/mol. The van der Waals surface area contributed by atoms with Crippen molar-refractivity contribution in [1.82, 2.24) is 30.1 Å². The molecule has 1 aliphatic carbocycles. The lowest BCUT2D eigenvalue weighted by molar-refractivity contribution is 0.328. The van der Waals surface area contributed by atoms with Crippen LogP contribution in [0.15, 0.2) is 52.7 Å². The lowest BCUT2D eigenvalue weighted by Crippen LogP contribution is -2.52. The van der Waals surface area contributed by atoms with Crippen LogP contribution in [0.3, 0.4) is 0 Å². The van der Waals surface area contributed by atoms with Crippen LogP contribution in [0.5, 0.6) is 0 Å². The second-order valence-corrected chi connectivity index (χ2v) is 8.55. The van der Waals surface area contributed by atoms with Crippen LogP contribution in [0.1, 0.15) is 12.8 Å². The van der Waals surface area contributed by atoms with Gasteiger partial charge in [0.1, 0.15) is 24.2 Å². The number of hydrogen-bond donors (Lipinski definition) is 3. The minimum absolute atomic E-state index is 0.356. The minimum Gasteiger partial charge on any atom is -0.382 e. The Morgan fingerprint density at radius 1 is 1.27 bits per heavy atom. The molecule has 1 aromatic carbocycles. The maximum atomic E-state index is 9.53. The zero-order valence-corrected chi connectivity index (χ0v) is 18.7. The Morgan fingerprint density at radius 3 is 2.82 bits per heavy atom. The van der Waals surface area contributed by atoms with Crippen molar-refractivity contribution in [3.63, 3.8) is 0 Å². The second kappa shape index (κ2) is 8.91. The molecule has 0 bridgehead atoms. The molecule has 0 spiro atoms. The largest absolute Gasteiger partial charge is 0.382 e. The topological polar surface area (TPSA) is 122 Å². The third kappa shape index (κ3) is 4.65. The third-order valence-corrected chi connectivity index (χ3v) is 5.57. The first-order valence-electron chi connectivity index (χ1n) is 11.1. The summed E-state index contributed by atoms with van der Waals surface area (Å²) in [4.78, 5) is 11.5. The van der Waals surface area contributed by atoms with Crippen molar-refractivity contribution in [3.8, 4) is 11.8 Å². The van der Waals surface area contributed by atoms with Crippen molar-refractivity contribution >= 4 is 22.9 Å². The van der Waals surface area contributed by atoms with Gasteiger partial charge in [-0.2, -0.15) is 5.26 Å². The zero-order valence-electron chi connectivity index (χ0n) is 18.7. The number of aliphatic imine (C=N–C) groups is 2. The van der Waals surface area contributed by atoms with Gasteiger partial charge in [0, 0.05) is 24.9 Å². The average Bonchev–Trinajstić information content (AvgIpc) is 3.28. The fourth-order valence-corrected chi connectivity index (χ4v) is 3.70. The molecule has 2 aliphatic heterocycles. The van der Waals surface area contributed by atoms with E-state index in [9.17, 15) is 5.26 Å². The molecule has 11 heteroatoms. The van der Waals surface area contributed by atoms with Crippen LogP contribution in [-0.4, -0.2) is 82.0 Å². The number of likely N-dealkylation sites (N-methyl/N-ethyl adjacent to an activating group) is 1. The molecular formula is C22H27N11. The Morgan fingerprint density at radius 2 is 2.09 bits per heavy atom. The number of fused-ring (bicyclic) bond motifs is 1. The number of anilines is 2. The molecule has 5 rings (SSSR count). The van der Waals surface area contributed by atoms with Gasteiger partial charge in [-0.15, -0.1) is 10.2 Å². The molecule has 11 nitrogen and oxygen atoms in total. The highest BCUT2D eigenvalue weighted by Gasteiger charge is 2.35. The molecule has 1 saturated carbocycles. The minimum atomic E-state index is -0.356. The van der Waals surface area contributed by atoms with Crippen molar-refractivity contribution in [2.75, 3.05) is 44.4 Å². The van der Waals surface area contributed by atoms with Crippen molar-refractivity contribution in [3.05, 3.63) is 42.8 Å². The summed E-state index contributed by atoms with van der Waals surface area (Å²) in [6, 6.07) is 8.40. The van der Waals surface area contributed by atoms with Crippen LogP contribution in [0.2, 0.25) is 0 Å². The quantitative estimate of drug-likeness (QED) is 0.555. The highest BCUT2D eigenvalue weighted by Crippen LogP contribution is 2.28. The molecule has 1 atom stereocenters. The molecule has 2 aromatic rings. The van der Waals surface area contributed by atoms with Crippen LogP contribution in [0.4, 0.5) is 11.4 Å². The van der Waals surface area contributed by atoms with Crippen LogP contribution in [-0.2, 0) is 0 Å². The molecule has 0 radical (unpaired) electrons. The fourth-order valence-electron chi connectivity index (χ4n) is 3.70. The van der Waals surface area contributed by atoms with Crippen molar-refractivity contribution < 1.29 is 0 Å². The molecule has 1 unspecified atom stereocenters. The summed E-state index contributed by atoms with van der Waals surface area (Å²) in [7, 11) is 4.10. The summed E-state index contributed by atoms with van der Waals surface area (Å²) < 4.78 is 1.88. The van der Waals surface area contributed by atoms with Gasteiger partial charge in [0.05, 0.1) is 30.0 Å². The van der Waals surface area contributed by atoms with Crippen LogP contribution < -0.4 is 16.1 Å². The Kier molecular flexibility index (Phi) is 5.66. The fraction of sp³-hybridized carbons (Fsp3) is 0.409. The number of aromatic nitrogens is 3. The normalized spacial score (nSPS) is 20.7. The van der Waals surface area contributed by atoms with E-state index >= 15 is 0 Å². The van der Waals surface area contributed by atoms with Gasteiger partial charge in [-0.25, -0.2) is 5.01 Å². The van der Waals surface area contributed by atoms with Gasteiger partial charge in [0.2, 0.25) is 0 Å². The van der Waals surface area contributed by atoms with Crippen molar-refractivity contribution in [2.24, 2.45) is 9.98 Å². The maximum Gasteiger partial charge on any atom is 0.169 e. The van der Waals surface area contributed by atoms with E-state index in [-0.39, 0.29) is 6.04 Å². The summed E-state index contributed by atoms with van der Waals surface area (Å²) >= 11 is 0. The van der Waals surface area contributed by atoms with Gasteiger partial charge >= 0.3 is 0 Å². The molecule has 0 amide bonds. The molecule has 0 saturated heterocycles. The number of hydrogen-bond acceptors (Lipinski definition) is 10. The number of benzene rings is 1. The molecule has 33 heavy (non-hydrogen) atoms. The number of nitrogens with zero attached hydrogens (tertiary/aromatic N) is 8. The molecule has 3 N–H and O–H groups in total.